The highest BCUT2D eigenvalue weighted by Gasteiger charge is 2.29. The molecule has 1 aliphatic rings. The summed E-state index contributed by atoms with van der Waals surface area (Å²) in [4.78, 5) is 22.7. The van der Waals surface area contributed by atoms with Crippen LogP contribution in [0.3, 0.4) is 0 Å². The summed E-state index contributed by atoms with van der Waals surface area (Å²) in [6, 6.07) is 6.24. The molecule has 19 heavy (non-hydrogen) atoms. The second-order valence-electron chi connectivity index (χ2n) is 4.80. The molecule has 6 nitrogen and oxygen atoms in total. The quantitative estimate of drug-likeness (QED) is 0.653. The molecule has 3 amide bonds. The number of amides is 3. The average Bonchev–Trinajstić information content (AvgIpc) is 2.77. The lowest BCUT2D eigenvalue weighted by atomic mass is 9.97. The van der Waals surface area contributed by atoms with E-state index in [2.05, 4.69) is 22.9 Å². The first-order valence-electron chi connectivity index (χ1n) is 6.24. The van der Waals surface area contributed by atoms with Gasteiger partial charge in [-0.25, -0.2) is 4.79 Å². The Morgan fingerprint density at radius 3 is 2.21 bits per heavy atom. The van der Waals surface area contributed by atoms with E-state index in [1.165, 1.54) is 0 Å². The van der Waals surface area contributed by atoms with Gasteiger partial charge in [-0.05, 0) is 36.7 Å². The molecule has 1 saturated heterocycles. The maximum atomic E-state index is 12.0. The van der Waals surface area contributed by atoms with E-state index in [-0.39, 0.29) is 11.8 Å². The van der Waals surface area contributed by atoms with Crippen LogP contribution in [0.1, 0.15) is 6.92 Å². The van der Waals surface area contributed by atoms with Gasteiger partial charge in [0.15, 0.2) is 0 Å². The van der Waals surface area contributed by atoms with Crippen LogP contribution in [0.15, 0.2) is 24.3 Å². The van der Waals surface area contributed by atoms with Crippen molar-refractivity contribution in [3.05, 3.63) is 24.3 Å². The van der Waals surface area contributed by atoms with Gasteiger partial charge in [-0.1, -0.05) is 6.92 Å². The highest BCUT2D eigenvalue weighted by molar-refractivity contribution is 5.93. The van der Waals surface area contributed by atoms with E-state index in [0.717, 1.165) is 6.54 Å². The summed E-state index contributed by atoms with van der Waals surface area (Å²) >= 11 is 0. The number of carbonyl (C=O) groups excluding carboxylic acids is 2. The van der Waals surface area contributed by atoms with Crippen LogP contribution in [-0.2, 0) is 4.79 Å². The van der Waals surface area contributed by atoms with Gasteiger partial charge in [-0.3, -0.25) is 4.79 Å². The molecule has 6 heteroatoms. The molecule has 5 N–H and O–H groups in total. The van der Waals surface area contributed by atoms with Crippen molar-refractivity contribution in [2.24, 2.45) is 17.6 Å². The largest absolute Gasteiger partial charge is 0.351 e. The van der Waals surface area contributed by atoms with Crippen molar-refractivity contribution in [3.63, 3.8) is 0 Å². The molecule has 0 aliphatic carbocycles. The maximum absolute atomic E-state index is 12.0. The van der Waals surface area contributed by atoms with Gasteiger partial charge in [0, 0.05) is 17.9 Å². The number of primary amides is 1. The van der Waals surface area contributed by atoms with Gasteiger partial charge in [0.1, 0.15) is 0 Å². The lowest BCUT2D eigenvalue weighted by molar-refractivity contribution is -0.120. The second-order valence-corrected chi connectivity index (χ2v) is 4.80. The van der Waals surface area contributed by atoms with Gasteiger partial charge in [0.05, 0.1) is 5.92 Å². The number of hydrogen-bond donors (Lipinski definition) is 4. The average molecular weight is 262 g/mol. The molecule has 1 aliphatic heterocycles. The Morgan fingerprint density at radius 1 is 1.16 bits per heavy atom. The zero-order valence-corrected chi connectivity index (χ0v) is 10.8. The van der Waals surface area contributed by atoms with Crippen LogP contribution in [0.5, 0.6) is 0 Å². The van der Waals surface area contributed by atoms with Gasteiger partial charge in [-0.2, -0.15) is 0 Å². The summed E-state index contributed by atoms with van der Waals surface area (Å²) in [5.74, 6) is 0.368. The molecule has 1 aromatic carbocycles. The third-order valence-corrected chi connectivity index (χ3v) is 3.27. The van der Waals surface area contributed by atoms with Crippen molar-refractivity contribution >= 4 is 23.3 Å². The molecule has 1 aromatic rings. The molecule has 0 saturated carbocycles. The predicted octanol–water partition coefficient (Wildman–Crippen LogP) is 0.971. The number of anilines is 2. The summed E-state index contributed by atoms with van der Waals surface area (Å²) < 4.78 is 0. The predicted molar refractivity (Wildman–Crippen MR) is 73.8 cm³/mol. The molecule has 1 heterocycles. The fourth-order valence-electron chi connectivity index (χ4n) is 2.18. The van der Waals surface area contributed by atoms with Gasteiger partial charge < -0.3 is 21.7 Å². The van der Waals surface area contributed by atoms with Crippen molar-refractivity contribution in [3.8, 4) is 0 Å². The summed E-state index contributed by atoms with van der Waals surface area (Å²) in [7, 11) is 0. The Kier molecular flexibility index (Phi) is 4.01. The van der Waals surface area contributed by atoms with E-state index in [0.29, 0.717) is 23.8 Å². The summed E-state index contributed by atoms with van der Waals surface area (Å²) in [6.07, 6.45) is 0. The van der Waals surface area contributed by atoms with Crippen LogP contribution in [0.4, 0.5) is 16.2 Å². The zero-order chi connectivity index (χ0) is 13.8. The van der Waals surface area contributed by atoms with Gasteiger partial charge in [0.2, 0.25) is 5.91 Å². The minimum Gasteiger partial charge on any atom is -0.351 e. The van der Waals surface area contributed by atoms with Crippen LogP contribution < -0.4 is 21.7 Å². The van der Waals surface area contributed by atoms with Crippen molar-refractivity contribution in [1.82, 2.24) is 5.32 Å². The SMILES string of the molecule is CC1CNCC1C(=O)Nc1ccc(NC(N)=O)cc1. The Bertz CT molecular complexity index is 472. The number of nitrogens with one attached hydrogen (secondary N) is 3. The first kappa shape index (κ1) is 13.4. The third-order valence-electron chi connectivity index (χ3n) is 3.27. The molecule has 0 radical (unpaired) electrons. The Labute approximate surface area is 111 Å². The molecular weight excluding hydrogens is 244 g/mol. The minimum absolute atomic E-state index is 0.00317. The Balaban J connectivity index is 1.95. The first-order valence-corrected chi connectivity index (χ1v) is 6.24. The molecule has 102 valence electrons. The number of urea groups is 1. The lowest BCUT2D eigenvalue weighted by Gasteiger charge is -2.14. The molecule has 1 fully saturated rings. The molecule has 0 bridgehead atoms. The first-order chi connectivity index (χ1) is 9.06. The fraction of sp³-hybridized carbons (Fsp3) is 0.385. The van der Waals surface area contributed by atoms with Crippen molar-refractivity contribution < 1.29 is 9.59 Å². The summed E-state index contributed by atoms with van der Waals surface area (Å²) in [6.45, 7) is 3.65. The van der Waals surface area contributed by atoms with Crippen LogP contribution in [-0.4, -0.2) is 25.0 Å². The van der Waals surface area contributed by atoms with Gasteiger partial charge in [0.25, 0.3) is 0 Å². The van der Waals surface area contributed by atoms with Crippen LogP contribution in [0.25, 0.3) is 0 Å². The molecule has 2 atom stereocenters. The smallest absolute Gasteiger partial charge is 0.316 e. The fourth-order valence-corrected chi connectivity index (χ4v) is 2.18. The van der Waals surface area contributed by atoms with E-state index in [1.807, 2.05) is 0 Å². The minimum atomic E-state index is -0.609. The normalized spacial score (nSPS) is 21.9. The summed E-state index contributed by atoms with van der Waals surface area (Å²) in [5.41, 5.74) is 6.32. The molecule has 2 rings (SSSR count). The van der Waals surface area contributed by atoms with E-state index in [9.17, 15) is 9.59 Å². The molecule has 0 aromatic heterocycles. The monoisotopic (exact) mass is 262 g/mol. The number of rotatable bonds is 3. The van der Waals surface area contributed by atoms with E-state index < -0.39 is 6.03 Å². The number of carbonyl (C=O) groups is 2. The third kappa shape index (κ3) is 3.45. The van der Waals surface area contributed by atoms with Crippen molar-refractivity contribution in [2.75, 3.05) is 23.7 Å². The number of hydrogen-bond acceptors (Lipinski definition) is 3. The highest BCUT2D eigenvalue weighted by Crippen LogP contribution is 2.19. The Morgan fingerprint density at radius 2 is 1.74 bits per heavy atom. The second kappa shape index (κ2) is 5.71. The van der Waals surface area contributed by atoms with Crippen LogP contribution in [0, 0.1) is 11.8 Å². The van der Waals surface area contributed by atoms with Crippen LogP contribution in [0.2, 0.25) is 0 Å². The molecular formula is C13H18N4O2. The van der Waals surface area contributed by atoms with E-state index >= 15 is 0 Å². The van der Waals surface area contributed by atoms with Crippen molar-refractivity contribution in [1.29, 1.82) is 0 Å². The van der Waals surface area contributed by atoms with Gasteiger partial charge in [-0.15, -0.1) is 0 Å². The van der Waals surface area contributed by atoms with Crippen LogP contribution >= 0.6 is 0 Å². The number of benzene rings is 1. The topological polar surface area (TPSA) is 96.2 Å². The molecule has 0 spiro atoms. The number of nitrogens with two attached hydrogens (primary N) is 1. The Hall–Kier alpha value is -2.08. The molecule has 2 unspecified atom stereocenters. The van der Waals surface area contributed by atoms with Gasteiger partial charge >= 0.3 is 6.03 Å². The lowest BCUT2D eigenvalue weighted by Crippen LogP contribution is -2.27. The summed E-state index contributed by atoms with van der Waals surface area (Å²) in [5, 5.41) is 8.53. The van der Waals surface area contributed by atoms with Crippen molar-refractivity contribution in [2.45, 2.75) is 6.92 Å². The van der Waals surface area contributed by atoms with E-state index in [1.54, 1.807) is 24.3 Å². The zero-order valence-electron chi connectivity index (χ0n) is 10.8. The maximum Gasteiger partial charge on any atom is 0.316 e. The standard InChI is InChI=1S/C13H18N4O2/c1-8-6-15-7-11(8)12(18)16-9-2-4-10(5-3-9)17-13(14)19/h2-5,8,11,15H,6-7H2,1H3,(H,16,18)(H3,14,17,19). The highest BCUT2D eigenvalue weighted by atomic mass is 16.2. The van der Waals surface area contributed by atoms with E-state index in [4.69, 9.17) is 5.73 Å².